The van der Waals surface area contributed by atoms with Crippen LogP contribution in [0.15, 0.2) is 48.9 Å². The SMILES string of the molecule is CC(C)(C)OC(=O)N1CCC[C@@H](n2c(-c3ccccn3)cc3cnc4[nH]ccc4c32)C1. The molecule has 1 fully saturated rings. The molecule has 5 rings (SSSR count). The van der Waals surface area contributed by atoms with Crippen LogP contribution in [0, 0.1) is 0 Å². The molecule has 4 aromatic heterocycles. The lowest BCUT2D eigenvalue weighted by molar-refractivity contribution is 0.0175. The number of hydrogen-bond acceptors (Lipinski definition) is 4. The number of likely N-dealkylation sites (tertiary alicyclic amines) is 1. The van der Waals surface area contributed by atoms with Crippen molar-refractivity contribution in [2.75, 3.05) is 13.1 Å². The van der Waals surface area contributed by atoms with E-state index in [-0.39, 0.29) is 12.1 Å². The zero-order valence-corrected chi connectivity index (χ0v) is 18.1. The summed E-state index contributed by atoms with van der Waals surface area (Å²) in [7, 11) is 0. The lowest BCUT2D eigenvalue weighted by atomic mass is 10.0. The molecule has 0 aliphatic carbocycles. The van der Waals surface area contributed by atoms with Gasteiger partial charge in [-0.15, -0.1) is 0 Å². The molecule has 1 saturated heterocycles. The van der Waals surface area contributed by atoms with Gasteiger partial charge in [-0.3, -0.25) is 4.98 Å². The van der Waals surface area contributed by atoms with Crippen molar-refractivity contribution < 1.29 is 9.53 Å². The highest BCUT2D eigenvalue weighted by Crippen LogP contribution is 2.37. The number of aromatic nitrogens is 4. The molecule has 7 nitrogen and oxygen atoms in total. The van der Waals surface area contributed by atoms with Gasteiger partial charge in [0.25, 0.3) is 0 Å². The zero-order chi connectivity index (χ0) is 21.6. The number of carbonyl (C=O) groups excluding carboxylic acids is 1. The van der Waals surface area contributed by atoms with E-state index >= 15 is 0 Å². The predicted molar refractivity (Wildman–Crippen MR) is 121 cm³/mol. The molecule has 1 atom stereocenters. The number of piperidine rings is 1. The topological polar surface area (TPSA) is 76.0 Å². The van der Waals surface area contributed by atoms with Crippen molar-refractivity contribution in [1.82, 2.24) is 24.4 Å². The highest BCUT2D eigenvalue weighted by Gasteiger charge is 2.31. The second kappa shape index (κ2) is 7.41. The fourth-order valence-electron chi connectivity index (χ4n) is 4.47. The van der Waals surface area contributed by atoms with Crippen LogP contribution < -0.4 is 0 Å². The van der Waals surface area contributed by atoms with Gasteiger partial charge in [-0.1, -0.05) is 6.07 Å². The van der Waals surface area contributed by atoms with Crippen molar-refractivity contribution >= 4 is 28.0 Å². The maximum Gasteiger partial charge on any atom is 0.410 e. The van der Waals surface area contributed by atoms with Crippen LogP contribution in [0.1, 0.15) is 39.7 Å². The Balaban J connectivity index is 1.62. The van der Waals surface area contributed by atoms with E-state index in [1.165, 1.54) is 0 Å². The number of hydrogen-bond donors (Lipinski definition) is 1. The molecule has 0 bridgehead atoms. The summed E-state index contributed by atoms with van der Waals surface area (Å²) in [6.07, 6.45) is 7.30. The summed E-state index contributed by atoms with van der Waals surface area (Å²) in [4.78, 5) is 27.0. The van der Waals surface area contributed by atoms with Gasteiger partial charge in [0.1, 0.15) is 11.2 Å². The van der Waals surface area contributed by atoms with Crippen molar-refractivity contribution in [2.24, 2.45) is 0 Å². The number of carbonyl (C=O) groups is 1. The minimum Gasteiger partial charge on any atom is -0.444 e. The Kier molecular flexibility index (Phi) is 4.68. The first-order chi connectivity index (χ1) is 14.9. The fraction of sp³-hybridized carbons (Fsp3) is 0.375. The number of ether oxygens (including phenoxy) is 1. The van der Waals surface area contributed by atoms with Crippen molar-refractivity contribution in [2.45, 2.75) is 45.3 Å². The number of H-pyrrole nitrogens is 1. The molecular weight excluding hydrogens is 390 g/mol. The third-order valence-corrected chi connectivity index (χ3v) is 5.72. The van der Waals surface area contributed by atoms with Crippen molar-refractivity contribution in [3.05, 3.63) is 48.9 Å². The number of aromatic amines is 1. The molecule has 1 aliphatic heterocycles. The van der Waals surface area contributed by atoms with E-state index in [4.69, 9.17) is 4.74 Å². The minimum atomic E-state index is -0.508. The average Bonchev–Trinajstić information content (AvgIpc) is 3.37. The zero-order valence-electron chi connectivity index (χ0n) is 18.1. The maximum atomic E-state index is 12.8. The van der Waals surface area contributed by atoms with Crippen molar-refractivity contribution in [3.63, 3.8) is 0 Å². The molecular formula is C24H27N5O2. The molecule has 160 valence electrons. The Bertz CT molecular complexity index is 1240. The largest absolute Gasteiger partial charge is 0.444 e. The Morgan fingerprint density at radius 2 is 2.10 bits per heavy atom. The standard InChI is InChI=1S/C24H27N5O2/c1-24(2,3)31-23(30)28-12-6-7-17(15-28)29-20(19-8-4-5-10-25-19)13-16-14-27-22-18(21(16)29)9-11-26-22/h4-5,8-11,13-14,17H,6-7,12,15H2,1-3H3,(H,26,27)/t17-/m1/s1. The second-order valence-electron chi connectivity index (χ2n) is 9.14. The Morgan fingerprint density at radius 3 is 2.87 bits per heavy atom. The molecule has 5 heterocycles. The monoisotopic (exact) mass is 417 g/mol. The van der Waals surface area contributed by atoms with E-state index in [0.717, 1.165) is 46.2 Å². The molecule has 0 spiro atoms. The first kappa shape index (κ1) is 19.6. The quantitative estimate of drug-likeness (QED) is 0.489. The van der Waals surface area contributed by atoms with Gasteiger partial charge in [0, 0.05) is 42.5 Å². The molecule has 4 aromatic rings. The van der Waals surface area contributed by atoms with Crippen LogP contribution in [0.2, 0.25) is 0 Å². The van der Waals surface area contributed by atoms with Crippen LogP contribution in [-0.4, -0.2) is 49.2 Å². The summed E-state index contributed by atoms with van der Waals surface area (Å²) in [5.74, 6) is 0. The Morgan fingerprint density at radius 1 is 1.23 bits per heavy atom. The van der Waals surface area contributed by atoms with E-state index in [1.54, 1.807) is 0 Å². The van der Waals surface area contributed by atoms with Gasteiger partial charge in [0.15, 0.2) is 0 Å². The van der Waals surface area contributed by atoms with Crippen molar-refractivity contribution in [3.8, 4) is 11.4 Å². The van der Waals surface area contributed by atoms with Gasteiger partial charge in [-0.05, 0) is 57.9 Å². The molecule has 0 aromatic carbocycles. The smallest absolute Gasteiger partial charge is 0.410 e. The number of amides is 1. The molecule has 0 saturated carbocycles. The van der Waals surface area contributed by atoms with E-state index < -0.39 is 5.60 Å². The van der Waals surface area contributed by atoms with Gasteiger partial charge < -0.3 is 19.2 Å². The molecule has 1 aliphatic rings. The number of nitrogens with zero attached hydrogens (tertiary/aromatic N) is 4. The lowest BCUT2D eigenvalue weighted by Gasteiger charge is -2.35. The van der Waals surface area contributed by atoms with Crippen LogP contribution >= 0.6 is 0 Å². The highest BCUT2D eigenvalue weighted by atomic mass is 16.6. The summed E-state index contributed by atoms with van der Waals surface area (Å²) < 4.78 is 8.01. The number of fused-ring (bicyclic) bond motifs is 3. The number of pyridine rings is 2. The summed E-state index contributed by atoms with van der Waals surface area (Å²) in [5.41, 5.74) is 3.44. The number of nitrogens with one attached hydrogen (secondary N) is 1. The third-order valence-electron chi connectivity index (χ3n) is 5.72. The van der Waals surface area contributed by atoms with Crippen LogP contribution in [-0.2, 0) is 4.74 Å². The van der Waals surface area contributed by atoms with E-state index in [9.17, 15) is 4.79 Å². The Labute approximate surface area is 181 Å². The normalized spacial score (nSPS) is 17.4. The van der Waals surface area contributed by atoms with E-state index in [0.29, 0.717) is 13.1 Å². The summed E-state index contributed by atoms with van der Waals surface area (Å²) in [5, 5.41) is 2.15. The third kappa shape index (κ3) is 3.65. The maximum absolute atomic E-state index is 12.8. The molecule has 0 unspecified atom stereocenters. The molecule has 1 amide bonds. The molecule has 0 radical (unpaired) electrons. The van der Waals surface area contributed by atoms with Crippen LogP contribution in [0.5, 0.6) is 0 Å². The van der Waals surface area contributed by atoms with Crippen molar-refractivity contribution in [1.29, 1.82) is 0 Å². The van der Waals surface area contributed by atoms with Gasteiger partial charge in [0.2, 0.25) is 0 Å². The van der Waals surface area contributed by atoms with Gasteiger partial charge >= 0.3 is 6.09 Å². The molecule has 7 heteroatoms. The van der Waals surface area contributed by atoms with E-state index in [1.807, 2.05) is 62.5 Å². The molecule has 31 heavy (non-hydrogen) atoms. The first-order valence-electron chi connectivity index (χ1n) is 10.8. The van der Waals surface area contributed by atoms with Gasteiger partial charge in [-0.25, -0.2) is 9.78 Å². The average molecular weight is 418 g/mol. The van der Waals surface area contributed by atoms with Gasteiger partial charge in [0.05, 0.1) is 22.9 Å². The van der Waals surface area contributed by atoms with Crippen LogP contribution in [0.4, 0.5) is 4.79 Å². The Hall–Kier alpha value is -3.35. The summed E-state index contributed by atoms with van der Waals surface area (Å²) >= 11 is 0. The first-order valence-corrected chi connectivity index (χ1v) is 10.8. The van der Waals surface area contributed by atoms with Crippen LogP contribution in [0.25, 0.3) is 33.3 Å². The molecule has 1 N–H and O–H groups in total. The highest BCUT2D eigenvalue weighted by molar-refractivity contribution is 6.04. The fourth-order valence-corrected chi connectivity index (χ4v) is 4.47. The second-order valence-corrected chi connectivity index (χ2v) is 9.14. The summed E-state index contributed by atoms with van der Waals surface area (Å²) in [6, 6.07) is 10.3. The minimum absolute atomic E-state index is 0.122. The number of rotatable bonds is 2. The summed E-state index contributed by atoms with van der Waals surface area (Å²) in [6.45, 7) is 7.03. The van der Waals surface area contributed by atoms with E-state index in [2.05, 4.69) is 31.7 Å². The lowest BCUT2D eigenvalue weighted by Crippen LogP contribution is -2.43. The van der Waals surface area contributed by atoms with Crippen LogP contribution in [0.3, 0.4) is 0 Å². The van der Waals surface area contributed by atoms with Gasteiger partial charge in [-0.2, -0.15) is 0 Å². The predicted octanol–water partition coefficient (Wildman–Crippen LogP) is 5.15.